The Morgan fingerprint density at radius 3 is 2.67 bits per heavy atom. The minimum atomic E-state index is 0.786. The Kier molecular flexibility index (Phi) is 4.93. The molecule has 2 aromatic rings. The van der Waals surface area contributed by atoms with Gasteiger partial charge in [-0.25, -0.2) is 4.68 Å². The lowest BCUT2D eigenvalue weighted by molar-refractivity contribution is 0.648. The van der Waals surface area contributed by atoms with Gasteiger partial charge in [0, 0.05) is 10.7 Å². The molecule has 2 rings (SSSR count). The zero-order valence-electron chi connectivity index (χ0n) is 10.6. The third-order valence-corrected chi connectivity index (χ3v) is 3.41. The predicted octanol–water partition coefficient (Wildman–Crippen LogP) is 3.82. The first kappa shape index (κ1) is 13.3. The maximum atomic E-state index is 4.21. The van der Waals surface area contributed by atoms with Crippen molar-refractivity contribution in [1.82, 2.24) is 15.0 Å². The number of aryl methyl sites for hydroxylation is 1. The van der Waals surface area contributed by atoms with Crippen molar-refractivity contribution >= 4 is 15.9 Å². The standard InChI is InChI=1S/C14H18BrN3/c1-2-3-4-5-14-11-18(17-16-14)10-12-6-8-13(15)9-7-12/h6-9,11H,2-5,10H2,1H3. The van der Waals surface area contributed by atoms with E-state index < -0.39 is 0 Å². The Balaban J connectivity index is 1.91. The third-order valence-electron chi connectivity index (χ3n) is 2.88. The minimum Gasteiger partial charge on any atom is -0.248 e. The lowest BCUT2D eigenvalue weighted by Crippen LogP contribution is -2.00. The van der Waals surface area contributed by atoms with Crippen molar-refractivity contribution in [3.05, 3.63) is 46.2 Å². The second kappa shape index (κ2) is 6.69. The van der Waals surface area contributed by atoms with E-state index >= 15 is 0 Å². The first-order chi connectivity index (χ1) is 8.78. The van der Waals surface area contributed by atoms with E-state index in [0.29, 0.717) is 0 Å². The third kappa shape index (κ3) is 3.95. The maximum Gasteiger partial charge on any atom is 0.0827 e. The fraction of sp³-hybridized carbons (Fsp3) is 0.429. The van der Waals surface area contributed by atoms with Crippen LogP contribution in [0.3, 0.4) is 0 Å². The number of halogens is 1. The molecule has 0 saturated carbocycles. The zero-order chi connectivity index (χ0) is 12.8. The SMILES string of the molecule is CCCCCc1cn(Cc2ccc(Br)cc2)nn1. The van der Waals surface area contributed by atoms with Crippen LogP contribution < -0.4 is 0 Å². The monoisotopic (exact) mass is 307 g/mol. The molecule has 96 valence electrons. The highest BCUT2D eigenvalue weighted by atomic mass is 79.9. The molecule has 0 aliphatic heterocycles. The summed E-state index contributed by atoms with van der Waals surface area (Å²) in [4.78, 5) is 0. The summed E-state index contributed by atoms with van der Waals surface area (Å²) in [7, 11) is 0. The van der Waals surface area contributed by atoms with Gasteiger partial charge in [-0.2, -0.15) is 0 Å². The van der Waals surface area contributed by atoms with Gasteiger partial charge in [-0.05, 0) is 30.5 Å². The first-order valence-electron chi connectivity index (χ1n) is 6.41. The molecule has 0 amide bonds. The maximum absolute atomic E-state index is 4.21. The molecule has 0 aliphatic rings. The number of unbranched alkanes of at least 4 members (excludes halogenated alkanes) is 2. The molecule has 0 atom stereocenters. The average Bonchev–Trinajstić information content (AvgIpc) is 2.80. The van der Waals surface area contributed by atoms with Gasteiger partial charge >= 0.3 is 0 Å². The molecule has 0 radical (unpaired) electrons. The summed E-state index contributed by atoms with van der Waals surface area (Å²) in [6.45, 7) is 3.00. The van der Waals surface area contributed by atoms with E-state index in [9.17, 15) is 0 Å². The lowest BCUT2D eigenvalue weighted by Gasteiger charge is -2.00. The zero-order valence-corrected chi connectivity index (χ0v) is 12.2. The van der Waals surface area contributed by atoms with Crippen molar-refractivity contribution in [2.75, 3.05) is 0 Å². The Morgan fingerprint density at radius 2 is 1.94 bits per heavy atom. The summed E-state index contributed by atoms with van der Waals surface area (Å²) in [5, 5.41) is 8.37. The fourth-order valence-electron chi connectivity index (χ4n) is 1.86. The Hall–Kier alpha value is -1.16. The van der Waals surface area contributed by atoms with Crippen LogP contribution in [0.2, 0.25) is 0 Å². The highest BCUT2D eigenvalue weighted by molar-refractivity contribution is 9.10. The molecule has 0 fully saturated rings. The van der Waals surface area contributed by atoms with Crippen LogP contribution in [0.1, 0.15) is 37.4 Å². The molecule has 0 aliphatic carbocycles. The van der Waals surface area contributed by atoms with E-state index in [4.69, 9.17) is 0 Å². The second-order valence-corrected chi connectivity index (χ2v) is 5.41. The summed E-state index contributed by atoms with van der Waals surface area (Å²) in [5.74, 6) is 0. The average molecular weight is 308 g/mol. The summed E-state index contributed by atoms with van der Waals surface area (Å²) in [5.41, 5.74) is 2.34. The number of hydrogen-bond acceptors (Lipinski definition) is 2. The number of nitrogens with zero attached hydrogens (tertiary/aromatic N) is 3. The largest absolute Gasteiger partial charge is 0.248 e. The minimum absolute atomic E-state index is 0.786. The molecule has 0 bridgehead atoms. The predicted molar refractivity (Wildman–Crippen MR) is 76.5 cm³/mol. The molecule has 0 spiro atoms. The quantitative estimate of drug-likeness (QED) is 0.760. The fourth-order valence-corrected chi connectivity index (χ4v) is 2.13. The molecular weight excluding hydrogens is 290 g/mol. The van der Waals surface area contributed by atoms with Gasteiger partial charge < -0.3 is 0 Å². The summed E-state index contributed by atoms with van der Waals surface area (Å²) in [6.07, 6.45) is 6.80. The molecule has 0 saturated heterocycles. The topological polar surface area (TPSA) is 30.7 Å². The van der Waals surface area contributed by atoms with Crippen LogP contribution >= 0.6 is 15.9 Å². The number of rotatable bonds is 6. The van der Waals surface area contributed by atoms with Gasteiger partial charge in [0.25, 0.3) is 0 Å². The van der Waals surface area contributed by atoms with Crippen molar-refractivity contribution < 1.29 is 0 Å². The van der Waals surface area contributed by atoms with Crippen LogP contribution in [-0.4, -0.2) is 15.0 Å². The highest BCUT2D eigenvalue weighted by Gasteiger charge is 2.01. The molecule has 0 unspecified atom stereocenters. The molecule has 3 nitrogen and oxygen atoms in total. The van der Waals surface area contributed by atoms with Crippen LogP contribution in [-0.2, 0) is 13.0 Å². The Labute approximate surface area is 116 Å². The van der Waals surface area contributed by atoms with E-state index in [1.807, 2.05) is 4.68 Å². The molecular formula is C14H18BrN3. The number of benzene rings is 1. The van der Waals surface area contributed by atoms with E-state index in [0.717, 1.165) is 23.1 Å². The van der Waals surface area contributed by atoms with Crippen LogP contribution in [0.5, 0.6) is 0 Å². The van der Waals surface area contributed by atoms with Gasteiger partial charge in [0.15, 0.2) is 0 Å². The normalized spacial score (nSPS) is 10.8. The van der Waals surface area contributed by atoms with Crippen molar-refractivity contribution in [2.24, 2.45) is 0 Å². The van der Waals surface area contributed by atoms with Gasteiger partial charge in [-0.1, -0.05) is 53.0 Å². The molecule has 0 N–H and O–H groups in total. The van der Waals surface area contributed by atoms with E-state index in [2.05, 4.69) is 63.6 Å². The lowest BCUT2D eigenvalue weighted by atomic mass is 10.2. The van der Waals surface area contributed by atoms with Crippen LogP contribution in [0, 0.1) is 0 Å². The first-order valence-corrected chi connectivity index (χ1v) is 7.20. The highest BCUT2D eigenvalue weighted by Crippen LogP contribution is 2.11. The summed E-state index contributed by atoms with van der Waals surface area (Å²) < 4.78 is 3.01. The smallest absolute Gasteiger partial charge is 0.0827 e. The van der Waals surface area contributed by atoms with E-state index in [-0.39, 0.29) is 0 Å². The van der Waals surface area contributed by atoms with Crippen molar-refractivity contribution in [1.29, 1.82) is 0 Å². The number of hydrogen-bond donors (Lipinski definition) is 0. The van der Waals surface area contributed by atoms with Gasteiger partial charge in [0.1, 0.15) is 0 Å². The molecule has 1 heterocycles. The Morgan fingerprint density at radius 1 is 1.17 bits per heavy atom. The molecule has 1 aromatic carbocycles. The van der Waals surface area contributed by atoms with Crippen LogP contribution in [0.25, 0.3) is 0 Å². The molecule has 1 aromatic heterocycles. The van der Waals surface area contributed by atoms with E-state index in [1.54, 1.807) is 0 Å². The van der Waals surface area contributed by atoms with Crippen molar-refractivity contribution in [2.45, 2.75) is 39.2 Å². The molecule has 18 heavy (non-hydrogen) atoms. The van der Waals surface area contributed by atoms with Crippen LogP contribution in [0.15, 0.2) is 34.9 Å². The molecule has 4 heteroatoms. The Bertz CT molecular complexity index is 476. The van der Waals surface area contributed by atoms with Crippen LogP contribution in [0.4, 0.5) is 0 Å². The second-order valence-electron chi connectivity index (χ2n) is 4.49. The van der Waals surface area contributed by atoms with Gasteiger partial charge in [-0.15, -0.1) is 5.10 Å². The van der Waals surface area contributed by atoms with Gasteiger partial charge in [0.05, 0.1) is 12.2 Å². The van der Waals surface area contributed by atoms with Crippen molar-refractivity contribution in [3.8, 4) is 0 Å². The summed E-state index contributed by atoms with van der Waals surface area (Å²) in [6, 6.07) is 8.30. The van der Waals surface area contributed by atoms with Crippen molar-refractivity contribution in [3.63, 3.8) is 0 Å². The summed E-state index contributed by atoms with van der Waals surface area (Å²) >= 11 is 3.44. The number of aromatic nitrogens is 3. The van der Waals surface area contributed by atoms with Gasteiger partial charge in [-0.3, -0.25) is 0 Å². The van der Waals surface area contributed by atoms with E-state index in [1.165, 1.54) is 24.8 Å². The van der Waals surface area contributed by atoms with Gasteiger partial charge in [0.2, 0.25) is 0 Å².